The van der Waals surface area contributed by atoms with E-state index in [1.165, 1.54) is 37.6 Å². The van der Waals surface area contributed by atoms with Crippen molar-refractivity contribution in [2.24, 2.45) is 0 Å². The maximum Gasteiger partial charge on any atom is 0.283 e. The van der Waals surface area contributed by atoms with Gasteiger partial charge in [-0.15, -0.1) is 0 Å². The predicted octanol–water partition coefficient (Wildman–Crippen LogP) is 2.58. The van der Waals surface area contributed by atoms with Gasteiger partial charge in [-0.3, -0.25) is 9.78 Å². The van der Waals surface area contributed by atoms with Gasteiger partial charge >= 0.3 is 0 Å². The topological polar surface area (TPSA) is 94.6 Å². The first-order chi connectivity index (χ1) is 12.2. The van der Waals surface area contributed by atoms with Gasteiger partial charge in [0.05, 0.1) is 6.61 Å². The van der Waals surface area contributed by atoms with Gasteiger partial charge in [-0.2, -0.15) is 0 Å². The van der Waals surface area contributed by atoms with Crippen molar-refractivity contribution in [2.75, 3.05) is 13.7 Å². The second-order valence-corrected chi connectivity index (χ2v) is 7.72. The summed E-state index contributed by atoms with van der Waals surface area (Å²) in [4.78, 5) is 15.9. The molecule has 0 saturated heterocycles. The number of carbonyl (C=O) groups is 1. The number of benzene rings is 1. The zero-order chi connectivity index (χ0) is 19.3. The number of aromatic nitrogens is 1. The van der Waals surface area contributed by atoms with Crippen molar-refractivity contribution in [1.29, 1.82) is 0 Å². The van der Waals surface area contributed by atoms with Gasteiger partial charge in [0.1, 0.15) is 22.4 Å². The molecule has 26 heavy (non-hydrogen) atoms. The Balaban J connectivity index is 2.32. The number of ether oxygens (including phenoxy) is 2. The Kier molecular flexibility index (Phi) is 6.57. The van der Waals surface area contributed by atoms with Crippen molar-refractivity contribution in [2.45, 2.75) is 24.8 Å². The van der Waals surface area contributed by atoms with Crippen LogP contribution in [0.4, 0.5) is 0 Å². The molecule has 0 aliphatic heterocycles. The Morgan fingerprint density at radius 1 is 1.31 bits per heavy atom. The molecule has 7 nitrogen and oxygen atoms in total. The van der Waals surface area contributed by atoms with Crippen LogP contribution in [0.5, 0.6) is 5.75 Å². The molecule has 1 amide bonds. The van der Waals surface area contributed by atoms with Gasteiger partial charge in [-0.1, -0.05) is 11.6 Å². The number of rotatable bonds is 7. The summed E-state index contributed by atoms with van der Waals surface area (Å²) in [5.41, 5.74) is 0.772. The fraction of sp³-hybridized carbons (Fsp3) is 0.294. The van der Waals surface area contributed by atoms with Crippen molar-refractivity contribution >= 4 is 27.5 Å². The molecule has 1 atom stereocenters. The quantitative estimate of drug-likeness (QED) is 0.770. The summed E-state index contributed by atoms with van der Waals surface area (Å²) in [5.74, 6) is -0.777. The molecule has 9 heteroatoms. The van der Waals surface area contributed by atoms with Crippen LogP contribution < -0.4 is 9.46 Å². The second-order valence-electron chi connectivity index (χ2n) is 5.63. The first kappa shape index (κ1) is 20.2. The fourth-order valence-corrected chi connectivity index (χ4v) is 3.52. The van der Waals surface area contributed by atoms with Crippen LogP contribution in [0.25, 0.3) is 0 Å². The van der Waals surface area contributed by atoms with Crippen molar-refractivity contribution in [3.8, 4) is 5.75 Å². The minimum Gasteiger partial charge on any atom is -0.487 e. The normalized spacial score (nSPS) is 12.5. The monoisotopic (exact) mass is 398 g/mol. The molecule has 0 spiro atoms. The van der Waals surface area contributed by atoms with Crippen molar-refractivity contribution in [3.63, 3.8) is 0 Å². The molecular formula is C17H19ClN2O5S. The van der Waals surface area contributed by atoms with Crippen LogP contribution in [0, 0.1) is 6.92 Å². The number of carbonyl (C=O) groups excluding carboxylic acids is 1. The number of methoxy groups -OCH3 is 1. The van der Waals surface area contributed by atoms with Gasteiger partial charge in [0, 0.05) is 18.3 Å². The molecule has 1 aromatic heterocycles. The number of pyridine rings is 1. The van der Waals surface area contributed by atoms with E-state index in [1.807, 2.05) is 4.72 Å². The minimum absolute atomic E-state index is 0.00850. The number of aryl methyl sites for hydroxylation is 1. The van der Waals surface area contributed by atoms with Crippen LogP contribution in [0.3, 0.4) is 0 Å². The molecule has 0 fully saturated rings. The lowest BCUT2D eigenvalue weighted by Gasteiger charge is -2.17. The molecule has 0 saturated carbocycles. The standard InChI is InChI=1S/C17H19ClN2O5S/c1-11-6-7-19-14(8-11)17(21)20-26(22,23)16-9-13(18)4-5-15(16)25-12(2)10-24-3/h4-9,12H,10H2,1-3H3,(H,20,21). The minimum atomic E-state index is -4.22. The number of amides is 1. The highest BCUT2D eigenvalue weighted by molar-refractivity contribution is 7.90. The molecule has 1 N–H and O–H groups in total. The number of halogens is 1. The Morgan fingerprint density at radius 3 is 2.69 bits per heavy atom. The number of hydrogen-bond acceptors (Lipinski definition) is 6. The highest BCUT2D eigenvalue weighted by Gasteiger charge is 2.25. The van der Waals surface area contributed by atoms with Crippen LogP contribution in [0.1, 0.15) is 23.0 Å². The summed E-state index contributed by atoms with van der Waals surface area (Å²) in [6.45, 7) is 3.76. The number of hydrogen-bond donors (Lipinski definition) is 1. The van der Waals surface area contributed by atoms with E-state index >= 15 is 0 Å². The zero-order valence-electron chi connectivity index (χ0n) is 14.5. The molecule has 0 aliphatic rings. The molecule has 0 aliphatic carbocycles. The summed E-state index contributed by atoms with van der Waals surface area (Å²) in [6.07, 6.45) is 1.03. The van der Waals surface area contributed by atoms with Gasteiger partial charge < -0.3 is 9.47 Å². The van der Waals surface area contributed by atoms with E-state index in [9.17, 15) is 13.2 Å². The molecule has 0 radical (unpaired) electrons. The molecule has 1 aromatic carbocycles. The Labute approximate surface area is 157 Å². The van der Waals surface area contributed by atoms with E-state index in [1.54, 1.807) is 19.9 Å². The third-order valence-corrected chi connectivity index (χ3v) is 4.89. The molecule has 140 valence electrons. The first-order valence-electron chi connectivity index (χ1n) is 7.68. The van der Waals surface area contributed by atoms with Crippen LogP contribution >= 0.6 is 11.6 Å². The van der Waals surface area contributed by atoms with E-state index in [2.05, 4.69) is 4.98 Å². The lowest BCUT2D eigenvalue weighted by atomic mass is 10.2. The summed E-state index contributed by atoms with van der Waals surface area (Å²) < 4.78 is 37.9. The van der Waals surface area contributed by atoms with Crippen molar-refractivity contribution < 1.29 is 22.7 Å². The summed E-state index contributed by atoms with van der Waals surface area (Å²) in [7, 11) is -2.72. The van der Waals surface area contributed by atoms with Crippen LogP contribution in [-0.4, -0.2) is 39.1 Å². The molecule has 1 heterocycles. The van der Waals surface area contributed by atoms with Crippen LogP contribution in [0.15, 0.2) is 41.4 Å². The van der Waals surface area contributed by atoms with E-state index in [0.717, 1.165) is 5.56 Å². The van der Waals surface area contributed by atoms with E-state index < -0.39 is 22.0 Å². The summed E-state index contributed by atoms with van der Waals surface area (Å²) >= 11 is 5.93. The van der Waals surface area contributed by atoms with Crippen molar-refractivity contribution in [3.05, 3.63) is 52.8 Å². The molecule has 0 bridgehead atoms. The summed E-state index contributed by atoms with van der Waals surface area (Å²) in [6, 6.07) is 7.33. The lowest BCUT2D eigenvalue weighted by Crippen LogP contribution is -2.32. The average Bonchev–Trinajstić information content (AvgIpc) is 2.56. The number of nitrogens with zero attached hydrogens (tertiary/aromatic N) is 1. The Hall–Kier alpha value is -2.16. The highest BCUT2D eigenvalue weighted by atomic mass is 35.5. The van der Waals surface area contributed by atoms with Crippen molar-refractivity contribution in [1.82, 2.24) is 9.71 Å². The maximum absolute atomic E-state index is 12.7. The van der Waals surface area contributed by atoms with Gasteiger partial charge in [-0.25, -0.2) is 13.1 Å². The third kappa shape index (κ3) is 5.17. The second kappa shape index (κ2) is 8.48. The Bertz CT molecular complexity index is 902. The molecule has 1 unspecified atom stereocenters. The number of sulfonamides is 1. The van der Waals surface area contributed by atoms with Gasteiger partial charge in [0.25, 0.3) is 15.9 Å². The van der Waals surface area contributed by atoms with Crippen LogP contribution in [-0.2, 0) is 14.8 Å². The lowest BCUT2D eigenvalue weighted by molar-refractivity contribution is 0.0900. The fourth-order valence-electron chi connectivity index (χ4n) is 2.16. The Morgan fingerprint density at radius 2 is 2.04 bits per heavy atom. The van der Waals surface area contributed by atoms with E-state index in [-0.39, 0.29) is 28.0 Å². The first-order valence-corrected chi connectivity index (χ1v) is 9.54. The summed E-state index contributed by atoms with van der Waals surface area (Å²) in [5, 5.41) is 0.193. The van der Waals surface area contributed by atoms with E-state index in [4.69, 9.17) is 21.1 Å². The molecule has 2 rings (SSSR count). The number of nitrogens with one attached hydrogen (secondary N) is 1. The third-order valence-electron chi connectivity index (χ3n) is 3.30. The predicted molar refractivity (Wildman–Crippen MR) is 97.0 cm³/mol. The smallest absolute Gasteiger partial charge is 0.283 e. The van der Waals surface area contributed by atoms with E-state index in [0.29, 0.717) is 0 Å². The van der Waals surface area contributed by atoms with Gasteiger partial charge in [0.15, 0.2) is 0 Å². The molecular weight excluding hydrogens is 380 g/mol. The zero-order valence-corrected chi connectivity index (χ0v) is 16.1. The SMILES string of the molecule is COCC(C)Oc1ccc(Cl)cc1S(=O)(=O)NC(=O)c1cc(C)ccn1. The highest BCUT2D eigenvalue weighted by Crippen LogP contribution is 2.28. The average molecular weight is 399 g/mol. The molecule has 2 aromatic rings. The van der Waals surface area contributed by atoms with Crippen LogP contribution in [0.2, 0.25) is 5.02 Å². The largest absolute Gasteiger partial charge is 0.487 e. The maximum atomic E-state index is 12.7. The van der Waals surface area contributed by atoms with Gasteiger partial charge in [-0.05, 0) is 49.7 Å². The van der Waals surface area contributed by atoms with Gasteiger partial charge in [0.2, 0.25) is 0 Å².